The highest BCUT2D eigenvalue weighted by Gasteiger charge is 2.22. The highest BCUT2D eigenvalue weighted by molar-refractivity contribution is 5.31. The molecule has 0 radical (unpaired) electrons. The maximum Gasteiger partial charge on any atom is 0.225 e. The number of nitrogens with zero attached hydrogens (tertiary/aromatic N) is 3. The molecule has 1 saturated heterocycles. The van der Waals surface area contributed by atoms with Crippen molar-refractivity contribution in [1.29, 1.82) is 0 Å². The standard InChI is InChI=1S/C21H37N3O8/c1-26-6-7-27-8-9-28-10-11-29-12-13-30-14-15-31-18-20-16-24(4-5-32-20)21-22-3-2-19(17-25)23-21/h2-3,20,25H,4-18H2,1H3/t20-/m1/s1. The third-order valence-electron chi connectivity index (χ3n) is 4.51. The number of morpholine rings is 1. The minimum atomic E-state index is -0.101. The van der Waals surface area contributed by atoms with Gasteiger partial charge in [-0.25, -0.2) is 9.97 Å². The molecule has 2 rings (SSSR count). The van der Waals surface area contributed by atoms with E-state index in [-0.39, 0.29) is 12.7 Å². The number of methoxy groups -OCH3 is 1. The summed E-state index contributed by atoms with van der Waals surface area (Å²) in [6.07, 6.45) is 1.60. The summed E-state index contributed by atoms with van der Waals surface area (Å²) in [6, 6.07) is 1.70. The van der Waals surface area contributed by atoms with Crippen molar-refractivity contribution in [2.75, 3.05) is 104 Å². The zero-order valence-electron chi connectivity index (χ0n) is 19.0. The molecule has 1 aromatic heterocycles. The second-order valence-electron chi connectivity index (χ2n) is 6.96. The van der Waals surface area contributed by atoms with Crippen LogP contribution >= 0.6 is 0 Å². The molecular formula is C21H37N3O8. The maximum absolute atomic E-state index is 9.24. The number of anilines is 1. The highest BCUT2D eigenvalue weighted by Crippen LogP contribution is 2.13. The molecule has 0 aromatic carbocycles. The van der Waals surface area contributed by atoms with Crippen LogP contribution in [0.15, 0.2) is 12.3 Å². The Morgan fingerprint density at radius 3 is 2.12 bits per heavy atom. The predicted octanol–water partition coefficient (Wildman–Crippen LogP) is -0.0965. The monoisotopic (exact) mass is 459 g/mol. The quantitative estimate of drug-likeness (QED) is 0.280. The highest BCUT2D eigenvalue weighted by atomic mass is 16.6. The van der Waals surface area contributed by atoms with Crippen LogP contribution in [0.5, 0.6) is 0 Å². The number of ether oxygens (including phenoxy) is 7. The molecule has 0 amide bonds. The van der Waals surface area contributed by atoms with Gasteiger partial charge in [-0.15, -0.1) is 0 Å². The molecule has 11 nitrogen and oxygen atoms in total. The van der Waals surface area contributed by atoms with E-state index in [1.54, 1.807) is 19.4 Å². The van der Waals surface area contributed by atoms with Crippen LogP contribution in [0.3, 0.4) is 0 Å². The number of aromatic nitrogens is 2. The van der Waals surface area contributed by atoms with Crippen molar-refractivity contribution in [3.63, 3.8) is 0 Å². The second-order valence-corrected chi connectivity index (χ2v) is 6.96. The van der Waals surface area contributed by atoms with E-state index in [9.17, 15) is 5.11 Å². The number of aliphatic hydroxyl groups excluding tert-OH is 1. The number of rotatable bonds is 19. The van der Waals surface area contributed by atoms with E-state index >= 15 is 0 Å². The van der Waals surface area contributed by atoms with Gasteiger partial charge in [-0.1, -0.05) is 0 Å². The van der Waals surface area contributed by atoms with Crippen LogP contribution in [-0.4, -0.2) is 121 Å². The van der Waals surface area contributed by atoms with Crippen molar-refractivity contribution >= 4 is 5.95 Å². The fourth-order valence-corrected chi connectivity index (χ4v) is 2.86. The molecular weight excluding hydrogens is 422 g/mol. The molecule has 1 aliphatic rings. The fraction of sp³-hybridized carbons (Fsp3) is 0.810. The normalized spacial score (nSPS) is 16.6. The Hall–Kier alpha value is -1.44. The number of aliphatic hydroxyl groups is 1. The van der Waals surface area contributed by atoms with Crippen LogP contribution in [-0.2, 0) is 39.8 Å². The maximum atomic E-state index is 9.24. The Morgan fingerprint density at radius 2 is 1.53 bits per heavy atom. The molecule has 11 heteroatoms. The van der Waals surface area contributed by atoms with Crippen LogP contribution < -0.4 is 4.90 Å². The molecule has 184 valence electrons. The molecule has 0 saturated carbocycles. The zero-order chi connectivity index (χ0) is 22.7. The van der Waals surface area contributed by atoms with Crippen LogP contribution in [0.1, 0.15) is 5.69 Å². The smallest absolute Gasteiger partial charge is 0.225 e. The Morgan fingerprint density at radius 1 is 0.938 bits per heavy atom. The predicted molar refractivity (Wildman–Crippen MR) is 116 cm³/mol. The van der Waals surface area contributed by atoms with Gasteiger partial charge in [0.25, 0.3) is 0 Å². The van der Waals surface area contributed by atoms with Crippen LogP contribution in [0.2, 0.25) is 0 Å². The third-order valence-corrected chi connectivity index (χ3v) is 4.51. The molecule has 1 aromatic rings. The summed E-state index contributed by atoms with van der Waals surface area (Å²) in [4.78, 5) is 10.7. The van der Waals surface area contributed by atoms with Crippen molar-refractivity contribution in [1.82, 2.24) is 9.97 Å². The van der Waals surface area contributed by atoms with E-state index in [1.165, 1.54) is 0 Å². The van der Waals surface area contributed by atoms with E-state index in [0.717, 1.165) is 0 Å². The summed E-state index contributed by atoms with van der Waals surface area (Å²) in [5.41, 5.74) is 0.603. The Kier molecular flexibility index (Phi) is 15.1. The first-order valence-corrected chi connectivity index (χ1v) is 11.0. The lowest BCUT2D eigenvalue weighted by atomic mass is 10.3. The Labute approximate surface area is 189 Å². The van der Waals surface area contributed by atoms with Gasteiger partial charge in [0.15, 0.2) is 0 Å². The van der Waals surface area contributed by atoms with Gasteiger partial charge in [0.1, 0.15) is 0 Å². The third kappa shape index (κ3) is 12.0. The van der Waals surface area contributed by atoms with E-state index in [2.05, 4.69) is 9.97 Å². The van der Waals surface area contributed by atoms with E-state index in [0.29, 0.717) is 104 Å². The summed E-state index contributed by atoms with van der Waals surface area (Å²) in [6.45, 7) is 7.66. The van der Waals surface area contributed by atoms with Gasteiger partial charge >= 0.3 is 0 Å². The molecule has 1 N–H and O–H groups in total. The SMILES string of the molecule is COCCOCCOCCOCCOCCOC[C@H]1CN(c2nccc(CO)n2)CCO1. The summed E-state index contributed by atoms with van der Waals surface area (Å²) in [5, 5.41) is 9.24. The van der Waals surface area contributed by atoms with Gasteiger partial charge in [-0.2, -0.15) is 0 Å². The van der Waals surface area contributed by atoms with E-state index < -0.39 is 0 Å². The summed E-state index contributed by atoms with van der Waals surface area (Å²) in [5.74, 6) is 0.606. The first-order valence-electron chi connectivity index (χ1n) is 11.0. The molecule has 1 aliphatic heterocycles. The lowest BCUT2D eigenvalue weighted by Gasteiger charge is -2.32. The topological polar surface area (TPSA) is 114 Å². The van der Waals surface area contributed by atoms with Gasteiger partial charge in [0.2, 0.25) is 5.95 Å². The summed E-state index contributed by atoms with van der Waals surface area (Å²) >= 11 is 0. The summed E-state index contributed by atoms with van der Waals surface area (Å²) in [7, 11) is 1.64. The fourth-order valence-electron chi connectivity index (χ4n) is 2.86. The summed E-state index contributed by atoms with van der Waals surface area (Å²) < 4.78 is 37.9. The molecule has 0 unspecified atom stereocenters. The molecule has 1 fully saturated rings. The van der Waals surface area contributed by atoms with E-state index in [4.69, 9.17) is 33.2 Å². The largest absolute Gasteiger partial charge is 0.390 e. The first kappa shape index (κ1) is 26.8. The molecule has 32 heavy (non-hydrogen) atoms. The van der Waals surface area contributed by atoms with Crippen molar-refractivity contribution < 1.29 is 38.3 Å². The Balaban J connectivity index is 1.39. The van der Waals surface area contributed by atoms with Gasteiger partial charge in [-0.05, 0) is 6.07 Å². The average Bonchev–Trinajstić information content (AvgIpc) is 2.84. The minimum Gasteiger partial charge on any atom is -0.390 e. The van der Waals surface area contributed by atoms with Gasteiger partial charge in [-0.3, -0.25) is 0 Å². The first-order chi connectivity index (χ1) is 15.8. The zero-order valence-corrected chi connectivity index (χ0v) is 19.0. The molecule has 0 bridgehead atoms. The second kappa shape index (κ2) is 18.0. The average molecular weight is 460 g/mol. The lowest BCUT2D eigenvalue weighted by Crippen LogP contribution is -2.45. The van der Waals surface area contributed by atoms with Gasteiger partial charge < -0.3 is 43.2 Å². The minimum absolute atomic E-state index is 0.0566. The van der Waals surface area contributed by atoms with Gasteiger partial charge in [0, 0.05) is 26.4 Å². The van der Waals surface area contributed by atoms with Crippen molar-refractivity contribution in [2.24, 2.45) is 0 Å². The number of hydrogen-bond acceptors (Lipinski definition) is 11. The van der Waals surface area contributed by atoms with Crippen LogP contribution in [0.25, 0.3) is 0 Å². The molecule has 2 heterocycles. The molecule has 0 spiro atoms. The molecule has 0 aliphatic carbocycles. The Bertz CT molecular complexity index is 584. The van der Waals surface area contributed by atoms with Crippen molar-refractivity contribution in [3.8, 4) is 0 Å². The van der Waals surface area contributed by atoms with Gasteiger partial charge in [0.05, 0.1) is 97.7 Å². The van der Waals surface area contributed by atoms with E-state index in [1.807, 2.05) is 4.90 Å². The van der Waals surface area contributed by atoms with Crippen molar-refractivity contribution in [2.45, 2.75) is 12.7 Å². The van der Waals surface area contributed by atoms with Crippen LogP contribution in [0.4, 0.5) is 5.95 Å². The lowest BCUT2D eigenvalue weighted by molar-refractivity contribution is -0.0434. The van der Waals surface area contributed by atoms with Crippen molar-refractivity contribution in [3.05, 3.63) is 18.0 Å². The van der Waals surface area contributed by atoms with Crippen LogP contribution in [0, 0.1) is 0 Å². The number of hydrogen-bond donors (Lipinski definition) is 1. The molecule has 1 atom stereocenters.